The van der Waals surface area contributed by atoms with Crippen molar-refractivity contribution < 1.29 is 9.90 Å². The maximum Gasteiger partial charge on any atom is 0.320 e. The number of aliphatic carboxylic acids is 1. The van der Waals surface area contributed by atoms with E-state index in [2.05, 4.69) is 4.98 Å². The van der Waals surface area contributed by atoms with Crippen LogP contribution in [0.25, 0.3) is 10.2 Å². The summed E-state index contributed by atoms with van der Waals surface area (Å²) < 4.78 is -0.601. The third-order valence-electron chi connectivity index (χ3n) is 3.18. The van der Waals surface area contributed by atoms with Crippen molar-refractivity contribution in [3.05, 3.63) is 23.7 Å². The number of nitrogens with zero attached hydrogens (tertiary/aromatic N) is 1. The highest BCUT2D eigenvalue weighted by Gasteiger charge is 2.45. The van der Waals surface area contributed by atoms with E-state index in [-0.39, 0.29) is 0 Å². The van der Waals surface area contributed by atoms with Gasteiger partial charge in [-0.1, -0.05) is 0 Å². The van der Waals surface area contributed by atoms with Crippen LogP contribution < -0.4 is 0 Å². The van der Waals surface area contributed by atoms with Crippen LogP contribution in [0.2, 0.25) is 0 Å². The van der Waals surface area contributed by atoms with Crippen molar-refractivity contribution in [3.8, 4) is 0 Å². The highest BCUT2D eigenvalue weighted by atomic mass is 32.2. The Morgan fingerprint density at radius 2 is 2.29 bits per heavy atom. The molecule has 3 rings (SSSR count). The number of carbonyl (C=O) groups is 1. The van der Waals surface area contributed by atoms with E-state index in [1.807, 2.05) is 17.5 Å². The Balaban J connectivity index is 1.99. The molecule has 88 valence electrons. The monoisotopic (exact) mass is 265 g/mol. The first-order valence-electron chi connectivity index (χ1n) is 5.46. The molecular formula is C12H11NO2S2. The maximum absolute atomic E-state index is 11.3. The van der Waals surface area contributed by atoms with Gasteiger partial charge in [-0.25, -0.2) is 4.98 Å². The van der Waals surface area contributed by atoms with Gasteiger partial charge in [0.2, 0.25) is 0 Å². The maximum atomic E-state index is 11.3. The average Bonchev–Trinajstić information content (AvgIpc) is 2.71. The number of hydrogen-bond acceptors (Lipinski definition) is 4. The molecule has 1 N–H and O–H groups in total. The lowest BCUT2D eigenvalue weighted by Crippen LogP contribution is -2.41. The summed E-state index contributed by atoms with van der Waals surface area (Å²) in [5.74, 6) is -0.686. The predicted octanol–water partition coefficient (Wildman–Crippen LogP) is 3.40. The molecular weight excluding hydrogens is 254 g/mol. The van der Waals surface area contributed by atoms with Gasteiger partial charge in [-0.3, -0.25) is 4.79 Å². The Bertz CT molecular complexity index is 575. The summed E-state index contributed by atoms with van der Waals surface area (Å²) in [6.45, 7) is 0. The lowest BCUT2D eigenvalue weighted by molar-refractivity contribution is -0.142. The summed E-state index contributed by atoms with van der Waals surface area (Å²) in [6, 6.07) is 3.94. The summed E-state index contributed by atoms with van der Waals surface area (Å²) in [6.07, 6.45) is 4.30. The van der Waals surface area contributed by atoms with Gasteiger partial charge >= 0.3 is 5.97 Å². The number of thioether (sulfide) groups is 1. The molecule has 0 aromatic carbocycles. The molecule has 1 aliphatic rings. The van der Waals surface area contributed by atoms with Crippen LogP contribution in [-0.2, 0) is 4.79 Å². The van der Waals surface area contributed by atoms with E-state index >= 15 is 0 Å². The minimum absolute atomic E-state index is 0.601. The standard InChI is InChI=1S/C12H11NO2S2/c14-11(15)12(4-1-5-12)17-9-2-6-13-10-8(9)3-7-16-10/h2-3,6-7H,1,4-5H2,(H,14,15). The average molecular weight is 265 g/mol. The molecule has 0 bridgehead atoms. The van der Waals surface area contributed by atoms with Gasteiger partial charge in [0.25, 0.3) is 0 Å². The van der Waals surface area contributed by atoms with E-state index < -0.39 is 10.7 Å². The van der Waals surface area contributed by atoms with Gasteiger partial charge < -0.3 is 5.11 Å². The first-order chi connectivity index (χ1) is 8.21. The first kappa shape index (κ1) is 11.0. The van der Waals surface area contributed by atoms with Crippen LogP contribution in [0.3, 0.4) is 0 Å². The number of fused-ring (bicyclic) bond motifs is 1. The molecule has 2 aromatic heterocycles. The molecule has 1 aliphatic carbocycles. The number of aromatic nitrogens is 1. The fraction of sp³-hybridized carbons (Fsp3) is 0.333. The molecule has 0 aliphatic heterocycles. The fourth-order valence-electron chi connectivity index (χ4n) is 2.01. The van der Waals surface area contributed by atoms with Crippen molar-refractivity contribution in [3.63, 3.8) is 0 Å². The van der Waals surface area contributed by atoms with Crippen molar-refractivity contribution in [1.29, 1.82) is 0 Å². The molecule has 0 amide bonds. The quantitative estimate of drug-likeness (QED) is 0.924. The van der Waals surface area contributed by atoms with Gasteiger partial charge in [-0.15, -0.1) is 23.1 Å². The summed E-state index contributed by atoms with van der Waals surface area (Å²) in [7, 11) is 0. The fourth-order valence-corrected chi connectivity index (χ4v) is 4.24. The van der Waals surface area contributed by atoms with Crippen molar-refractivity contribution in [2.45, 2.75) is 28.9 Å². The second-order valence-electron chi connectivity index (χ2n) is 4.20. The van der Waals surface area contributed by atoms with Crippen molar-refractivity contribution in [2.24, 2.45) is 0 Å². The highest BCUT2D eigenvalue weighted by molar-refractivity contribution is 8.01. The highest BCUT2D eigenvalue weighted by Crippen LogP contribution is 2.49. The van der Waals surface area contributed by atoms with Crippen molar-refractivity contribution in [2.75, 3.05) is 0 Å². The van der Waals surface area contributed by atoms with Gasteiger partial charge in [0.15, 0.2) is 0 Å². The third-order valence-corrected chi connectivity index (χ3v) is 5.55. The molecule has 5 heteroatoms. The van der Waals surface area contributed by atoms with Gasteiger partial charge in [0.1, 0.15) is 9.58 Å². The van der Waals surface area contributed by atoms with Crippen LogP contribution in [0, 0.1) is 0 Å². The number of carboxylic acids is 1. The van der Waals surface area contributed by atoms with Gasteiger partial charge in [0, 0.05) is 16.5 Å². The van der Waals surface area contributed by atoms with Crippen LogP contribution in [0.1, 0.15) is 19.3 Å². The molecule has 1 fully saturated rings. The van der Waals surface area contributed by atoms with Crippen LogP contribution in [0.15, 0.2) is 28.6 Å². The van der Waals surface area contributed by atoms with Crippen molar-refractivity contribution in [1.82, 2.24) is 4.98 Å². The van der Waals surface area contributed by atoms with Crippen LogP contribution in [-0.4, -0.2) is 20.8 Å². The van der Waals surface area contributed by atoms with E-state index in [1.165, 1.54) is 11.8 Å². The predicted molar refractivity (Wildman–Crippen MR) is 69.7 cm³/mol. The molecule has 0 atom stereocenters. The van der Waals surface area contributed by atoms with E-state index in [0.717, 1.165) is 34.4 Å². The Morgan fingerprint density at radius 1 is 1.47 bits per heavy atom. The third kappa shape index (κ3) is 1.73. The zero-order valence-electron chi connectivity index (χ0n) is 9.05. The molecule has 3 nitrogen and oxygen atoms in total. The minimum Gasteiger partial charge on any atom is -0.480 e. The molecule has 0 saturated heterocycles. The Morgan fingerprint density at radius 3 is 2.94 bits per heavy atom. The SMILES string of the molecule is O=C(O)C1(Sc2ccnc3sccc23)CCC1. The van der Waals surface area contributed by atoms with E-state index in [4.69, 9.17) is 0 Å². The van der Waals surface area contributed by atoms with Crippen LogP contribution in [0.4, 0.5) is 0 Å². The van der Waals surface area contributed by atoms with E-state index in [0.29, 0.717) is 0 Å². The number of thiophene rings is 1. The number of pyridine rings is 1. The molecule has 2 aromatic rings. The van der Waals surface area contributed by atoms with Gasteiger partial charge in [-0.2, -0.15) is 0 Å². The second kappa shape index (κ2) is 3.99. The topological polar surface area (TPSA) is 50.2 Å². The molecule has 2 heterocycles. The molecule has 0 spiro atoms. The number of hydrogen-bond donors (Lipinski definition) is 1. The number of carboxylic acid groups (broad SMARTS) is 1. The largest absolute Gasteiger partial charge is 0.480 e. The zero-order valence-corrected chi connectivity index (χ0v) is 10.7. The summed E-state index contributed by atoms with van der Waals surface area (Å²) in [5.41, 5.74) is 0. The summed E-state index contributed by atoms with van der Waals surface area (Å²) >= 11 is 3.08. The summed E-state index contributed by atoms with van der Waals surface area (Å²) in [5, 5.41) is 12.4. The Labute approximate surface area is 107 Å². The lowest BCUT2D eigenvalue weighted by atomic mass is 9.84. The van der Waals surface area contributed by atoms with Crippen molar-refractivity contribution >= 4 is 39.3 Å². The Kier molecular flexibility index (Phi) is 2.60. The van der Waals surface area contributed by atoms with Gasteiger partial charge in [-0.05, 0) is 36.8 Å². The van der Waals surface area contributed by atoms with Gasteiger partial charge in [0.05, 0.1) is 0 Å². The van der Waals surface area contributed by atoms with E-state index in [9.17, 15) is 9.90 Å². The minimum atomic E-state index is -0.686. The molecule has 0 radical (unpaired) electrons. The second-order valence-corrected chi connectivity index (χ2v) is 6.52. The van der Waals surface area contributed by atoms with Crippen LogP contribution in [0.5, 0.6) is 0 Å². The Hall–Kier alpha value is -1.07. The smallest absolute Gasteiger partial charge is 0.320 e. The normalized spacial score (nSPS) is 17.9. The van der Waals surface area contributed by atoms with Crippen LogP contribution >= 0.6 is 23.1 Å². The molecule has 17 heavy (non-hydrogen) atoms. The molecule has 1 saturated carbocycles. The lowest BCUT2D eigenvalue weighted by Gasteiger charge is -2.36. The summed E-state index contributed by atoms with van der Waals surface area (Å²) in [4.78, 5) is 17.6. The number of rotatable bonds is 3. The molecule has 0 unspecified atom stereocenters. The van der Waals surface area contributed by atoms with E-state index in [1.54, 1.807) is 17.5 Å². The first-order valence-corrected chi connectivity index (χ1v) is 7.15. The zero-order chi connectivity index (χ0) is 11.9.